The summed E-state index contributed by atoms with van der Waals surface area (Å²) in [4.78, 5) is 11.2. The molecule has 0 unspecified atom stereocenters. The second kappa shape index (κ2) is 9.87. The van der Waals surface area contributed by atoms with Gasteiger partial charge in [-0.2, -0.15) is 0 Å². The highest BCUT2D eigenvalue weighted by Gasteiger charge is 2.40. The van der Waals surface area contributed by atoms with Gasteiger partial charge in [0, 0.05) is 27.3 Å². The largest absolute Gasteiger partial charge is 0.293 e. The van der Waals surface area contributed by atoms with Gasteiger partial charge in [-0.1, -0.05) is 135 Å². The number of aromatic nitrogens is 3. The number of benzene rings is 8. The van der Waals surface area contributed by atoms with Crippen LogP contribution in [0.5, 0.6) is 0 Å². The van der Waals surface area contributed by atoms with Crippen LogP contribution in [0, 0.1) is 0 Å². The average Bonchev–Trinajstić information content (AvgIpc) is 3.59. The predicted octanol–water partition coefficient (Wildman–Crippen LogP) is 12.2. The molecule has 0 N–H and O–H groups in total. The number of hydrogen-bond acceptors (Lipinski definition) is 2. The minimum Gasteiger partial charge on any atom is -0.293 e. The first kappa shape index (κ1) is 27.6. The zero-order chi connectivity index (χ0) is 33.1. The number of rotatable bonds is 2. The Hall–Kier alpha value is -6.32. The van der Waals surface area contributed by atoms with E-state index in [2.05, 4.69) is 170 Å². The van der Waals surface area contributed by atoms with Gasteiger partial charge in [0.05, 0.1) is 16.7 Å². The van der Waals surface area contributed by atoms with Crippen LogP contribution in [-0.2, 0) is 5.41 Å². The van der Waals surface area contributed by atoms with Crippen molar-refractivity contribution in [2.75, 3.05) is 0 Å². The molecule has 234 valence electrons. The summed E-state index contributed by atoms with van der Waals surface area (Å²) >= 11 is 0. The maximum atomic E-state index is 5.69. The van der Waals surface area contributed by atoms with Gasteiger partial charge < -0.3 is 0 Å². The van der Waals surface area contributed by atoms with Crippen molar-refractivity contribution in [2.45, 2.75) is 19.3 Å². The first-order valence-electron chi connectivity index (χ1n) is 17.3. The van der Waals surface area contributed by atoms with E-state index in [0.29, 0.717) is 0 Å². The highest BCUT2D eigenvalue weighted by molar-refractivity contribution is 6.17. The van der Waals surface area contributed by atoms with Gasteiger partial charge in [0.15, 0.2) is 5.82 Å². The van der Waals surface area contributed by atoms with Gasteiger partial charge in [0.25, 0.3) is 0 Å². The van der Waals surface area contributed by atoms with Crippen molar-refractivity contribution in [1.82, 2.24) is 14.5 Å². The molecule has 1 aliphatic carbocycles. The van der Waals surface area contributed by atoms with E-state index in [1.165, 1.54) is 59.6 Å². The molecule has 11 rings (SSSR count). The monoisotopic (exact) mass is 637 g/mol. The van der Waals surface area contributed by atoms with Crippen molar-refractivity contribution in [2.24, 2.45) is 0 Å². The van der Waals surface area contributed by atoms with E-state index in [0.717, 1.165) is 44.9 Å². The molecule has 0 amide bonds. The smallest absolute Gasteiger partial charge is 0.162 e. The Morgan fingerprint density at radius 2 is 0.960 bits per heavy atom. The summed E-state index contributed by atoms with van der Waals surface area (Å²) in [5, 5.41) is 12.1. The lowest BCUT2D eigenvalue weighted by molar-refractivity contribution is 0.635. The van der Waals surface area contributed by atoms with Crippen molar-refractivity contribution >= 4 is 64.9 Å². The summed E-state index contributed by atoms with van der Waals surface area (Å²) in [5.74, 6) is 1.67. The van der Waals surface area contributed by atoms with Crippen molar-refractivity contribution in [1.29, 1.82) is 0 Å². The summed E-state index contributed by atoms with van der Waals surface area (Å²) in [6.45, 7) is 4.62. The van der Waals surface area contributed by atoms with Gasteiger partial charge in [-0.25, -0.2) is 9.97 Å². The molecule has 50 heavy (non-hydrogen) atoms. The molecule has 8 aromatic carbocycles. The lowest BCUT2D eigenvalue weighted by Crippen LogP contribution is -2.18. The summed E-state index contributed by atoms with van der Waals surface area (Å²) in [6.07, 6.45) is 0. The van der Waals surface area contributed by atoms with Gasteiger partial charge >= 0.3 is 0 Å². The minimum atomic E-state index is -0.316. The molecule has 0 bridgehead atoms. The molecule has 10 aromatic rings. The molecular formula is C47H31N3. The molecule has 3 nitrogen and oxygen atoms in total. The fourth-order valence-corrected chi connectivity index (χ4v) is 8.66. The Labute approximate surface area is 289 Å². The summed E-state index contributed by atoms with van der Waals surface area (Å²) in [7, 11) is 0. The Bertz CT molecular complexity index is 2980. The van der Waals surface area contributed by atoms with Gasteiger partial charge in [0.2, 0.25) is 0 Å². The van der Waals surface area contributed by atoms with E-state index < -0.39 is 0 Å². The molecular weight excluding hydrogens is 607 g/mol. The summed E-state index contributed by atoms with van der Waals surface area (Å²) < 4.78 is 2.43. The molecule has 2 aromatic heterocycles. The molecule has 0 radical (unpaired) electrons. The Morgan fingerprint density at radius 3 is 1.62 bits per heavy atom. The standard InChI is InChI=1S/C47H31N3/c1-47(2)40-22-12-11-21-36(40)43-44(47)48-45(39-25-32-17-7-8-18-33(32)34-19-9-10-20-35(34)39)49-46(43)50-41-26-30-15-5-3-13-28(30)23-37(41)38-24-29-14-4-6-16-31(29)27-42(38)50/h3-27H,1-2H3. The van der Waals surface area contributed by atoms with Crippen molar-refractivity contribution in [3.05, 3.63) is 163 Å². The van der Waals surface area contributed by atoms with Crippen LogP contribution >= 0.6 is 0 Å². The average molecular weight is 638 g/mol. The zero-order valence-electron chi connectivity index (χ0n) is 27.8. The molecule has 0 aliphatic heterocycles. The molecule has 2 heterocycles. The fourth-order valence-electron chi connectivity index (χ4n) is 8.66. The van der Waals surface area contributed by atoms with E-state index in [9.17, 15) is 0 Å². The lowest BCUT2D eigenvalue weighted by Gasteiger charge is -2.22. The lowest BCUT2D eigenvalue weighted by atomic mass is 9.85. The van der Waals surface area contributed by atoms with Crippen LogP contribution in [-0.4, -0.2) is 14.5 Å². The first-order valence-corrected chi connectivity index (χ1v) is 17.3. The van der Waals surface area contributed by atoms with Crippen LogP contribution in [0.4, 0.5) is 0 Å². The van der Waals surface area contributed by atoms with Crippen LogP contribution in [0.25, 0.3) is 93.2 Å². The first-order chi connectivity index (χ1) is 24.5. The van der Waals surface area contributed by atoms with Crippen LogP contribution in [0.1, 0.15) is 25.1 Å². The van der Waals surface area contributed by atoms with Crippen molar-refractivity contribution in [3.8, 4) is 28.3 Å². The third kappa shape index (κ3) is 3.69. The van der Waals surface area contributed by atoms with Gasteiger partial charge in [-0.05, 0) is 84.5 Å². The summed E-state index contributed by atoms with van der Waals surface area (Å²) in [6, 6.07) is 55.2. The number of hydrogen-bond donors (Lipinski definition) is 0. The molecule has 1 aliphatic rings. The third-order valence-electron chi connectivity index (χ3n) is 11.1. The number of fused-ring (bicyclic) bond motifs is 11. The van der Waals surface area contributed by atoms with Crippen LogP contribution < -0.4 is 0 Å². The molecule has 0 atom stereocenters. The predicted molar refractivity (Wildman–Crippen MR) is 209 cm³/mol. The maximum absolute atomic E-state index is 5.69. The van der Waals surface area contributed by atoms with Crippen LogP contribution in [0.3, 0.4) is 0 Å². The van der Waals surface area contributed by atoms with E-state index in [1.807, 2.05) is 0 Å². The SMILES string of the molecule is CC1(C)c2ccccc2-c2c(-n3c4cc5ccccc5cc4c4cc5ccccc5cc43)nc(-c3cc4ccccc4c4ccccc34)nc21. The fraction of sp³-hybridized carbons (Fsp3) is 0.0638. The molecule has 0 spiro atoms. The van der Waals surface area contributed by atoms with E-state index in [-0.39, 0.29) is 5.41 Å². The quantitative estimate of drug-likeness (QED) is 0.177. The van der Waals surface area contributed by atoms with E-state index in [4.69, 9.17) is 9.97 Å². The Morgan fingerprint density at radius 1 is 0.440 bits per heavy atom. The van der Waals surface area contributed by atoms with Crippen LogP contribution in [0.15, 0.2) is 152 Å². The van der Waals surface area contributed by atoms with E-state index in [1.54, 1.807) is 0 Å². The van der Waals surface area contributed by atoms with Crippen LogP contribution in [0.2, 0.25) is 0 Å². The second-order valence-electron chi connectivity index (χ2n) is 14.2. The minimum absolute atomic E-state index is 0.316. The highest BCUT2D eigenvalue weighted by Crippen LogP contribution is 2.51. The maximum Gasteiger partial charge on any atom is 0.162 e. The molecule has 0 saturated carbocycles. The van der Waals surface area contributed by atoms with Gasteiger partial charge in [-0.15, -0.1) is 0 Å². The van der Waals surface area contributed by atoms with Crippen molar-refractivity contribution < 1.29 is 0 Å². The topological polar surface area (TPSA) is 30.7 Å². The highest BCUT2D eigenvalue weighted by atomic mass is 15.1. The normalized spacial score (nSPS) is 13.6. The third-order valence-corrected chi connectivity index (χ3v) is 11.1. The van der Waals surface area contributed by atoms with Crippen molar-refractivity contribution in [3.63, 3.8) is 0 Å². The number of nitrogens with zero attached hydrogens (tertiary/aromatic N) is 3. The molecule has 3 heteroatoms. The summed E-state index contributed by atoms with van der Waals surface area (Å²) in [5.41, 5.74) is 7.68. The Balaban J connectivity index is 1.34. The molecule has 0 fully saturated rings. The molecule has 0 saturated heterocycles. The second-order valence-corrected chi connectivity index (χ2v) is 14.2. The van der Waals surface area contributed by atoms with E-state index >= 15 is 0 Å². The van der Waals surface area contributed by atoms with Gasteiger partial charge in [-0.3, -0.25) is 4.57 Å². The Kier molecular flexibility index (Phi) is 5.45. The zero-order valence-corrected chi connectivity index (χ0v) is 27.8. The van der Waals surface area contributed by atoms with Gasteiger partial charge in [0.1, 0.15) is 5.82 Å².